The molecule has 0 saturated carbocycles. The van der Waals surface area contributed by atoms with E-state index in [-0.39, 0.29) is 17.1 Å². The molecule has 0 aliphatic rings. The van der Waals surface area contributed by atoms with Gasteiger partial charge in [-0.05, 0) is 18.3 Å². The molecule has 1 amide bonds. The molecule has 0 radical (unpaired) electrons. The van der Waals surface area contributed by atoms with Crippen molar-refractivity contribution in [2.75, 3.05) is 18.6 Å². The van der Waals surface area contributed by atoms with Gasteiger partial charge < -0.3 is 5.32 Å². The van der Waals surface area contributed by atoms with Crippen molar-refractivity contribution in [2.24, 2.45) is 5.41 Å². The Balaban J connectivity index is 4.22. The topological polar surface area (TPSA) is 46.2 Å². The van der Waals surface area contributed by atoms with Crippen LogP contribution in [0.3, 0.4) is 0 Å². The molecule has 2 atom stereocenters. The van der Waals surface area contributed by atoms with Crippen LogP contribution >= 0.6 is 0 Å². The van der Waals surface area contributed by atoms with Gasteiger partial charge in [0.1, 0.15) is 5.75 Å². The number of rotatable bonds is 12. The van der Waals surface area contributed by atoms with Crippen molar-refractivity contribution in [3.05, 3.63) is 0 Å². The Morgan fingerprint density at radius 2 is 1.65 bits per heavy atom. The maximum absolute atomic E-state index is 11.6. The highest BCUT2D eigenvalue weighted by atomic mass is 32.2. The van der Waals surface area contributed by atoms with Gasteiger partial charge >= 0.3 is 0 Å². The molecular formula is C16H33NO2S. The van der Waals surface area contributed by atoms with E-state index < -0.39 is 10.8 Å². The lowest BCUT2D eigenvalue weighted by Gasteiger charge is -2.30. The minimum atomic E-state index is -1.05. The van der Waals surface area contributed by atoms with E-state index >= 15 is 0 Å². The van der Waals surface area contributed by atoms with Gasteiger partial charge in [-0.1, -0.05) is 59.3 Å². The Bertz CT molecular complexity index is 294. The molecule has 0 fully saturated rings. The largest absolute Gasteiger partial charge is 0.355 e. The molecule has 120 valence electrons. The predicted molar refractivity (Wildman–Crippen MR) is 88.3 cm³/mol. The molecule has 0 rings (SSSR count). The van der Waals surface area contributed by atoms with Crippen LogP contribution in [0.25, 0.3) is 0 Å². The van der Waals surface area contributed by atoms with Crippen LogP contribution in [-0.4, -0.2) is 28.7 Å². The van der Waals surface area contributed by atoms with Crippen molar-refractivity contribution in [3.63, 3.8) is 0 Å². The third kappa shape index (κ3) is 10.4. The highest BCUT2D eigenvalue weighted by molar-refractivity contribution is 7.85. The van der Waals surface area contributed by atoms with Crippen LogP contribution in [0.15, 0.2) is 0 Å². The Kier molecular flexibility index (Phi) is 11.1. The first-order valence-corrected chi connectivity index (χ1v) is 9.73. The maximum atomic E-state index is 11.6. The summed E-state index contributed by atoms with van der Waals surface area (Å²) in [7, 11) is -1.05. The SMILES string of the molecule is CCCCCCC(C)(CCCC)CNC(=O)CS(C)=O. The van der Waals surface area contributed by atoms with Crippen molar-refractivity contribution >= 4 is 16.7 Å². The summed E-state index contributed by atoms with van der Waals surface area (Å²) in [6.07, 6.45) is 11.4. The quantitative estimate of drug-likeness (QED) is 0.559. The normalized spacial score (nSPS) is 15.6. The van der Waals surface area contributed by atoms with Gasteiger partial charge in [0.15, 0.2) is 0 Å². The predicted octanol–water partition coefficient (Wildman–Crippen LogP) is 3.65. The molecule has 0 aromatic heterocycles. The first kappa shape index (κ1) is 19.6. The van der Waals surface area contributed by atoms with Crippen molar-refractivity contribution in [2.45, 2.75) is 72.1 Å². The van der Waals surface area contributed by atoms with Crippen molar-refractivity contribution in [3.8, 4) is 0 Å². The average molecular weight is 304 g/mol. The van der Waals surface area contributed by atoms with Crippen LogP contribution in [-0.2, 0) is 15.6 Å². The number of hydrogen-bond donors (Lipinski definition) is 1. The van der Waals surface area contributed by atoms with E-state index in [0.717, 1.165) is 13.0 Å². The zero-order valence-corrected chi connectivity index (χ0v) is 14.6. The third-order valence-electron chi connectivity index (χ3n) is 3.81. The minimum Gasteiger partial charge on any atom is -0.355 e. The van der Waals surface area contributed by atoms with Crippen LogP contribution in [0.5, 0.6) is 0 Å². The molecule has 3 nitrogen and oxygen atoms in total. The Morgan fingerprint density at radius 1 is 1.05 bits per heavy atom. The van der Waals surface area contributed by atoms with Crippen LogP contribution in [0.4, 0.5) is 0 Å². The molecule has 0 aromatic rings. The van der Waals surface area contributed by atoms with Crippen molar-refractivity contribution in [1.82, 2.24) is 5.32 Å². The monoisotopic (exact) mass is 303 g/mol. The van der Waals surface area contributed by atoms with E-state index in [9.17, 15) is 9.00 Å². The molecule has 0 saturated heterocycles. The number of amides is 1. The molecule has 20 heavy (non-hydrogen) atoms. The van der Waals surface area contributed by atoms with E-state index in [0.29, 0.717) is 0 Å². The van der Waals surface area contributed by atoms with Gasteiger partial charge in [-0.25, -0.2) is 0 Å². The number of carbonyl (C=O) groups is 1. The molecule has 0 aliphatic heterocycles. The standard InChI is InChI=1S/C16H33NO2S/c1-5-7-9-10-12-16(3,11-8-6-2)14-17-15(18)13-20(4)19/h5-14H2,1-4H3,(H,17,18). The molecular weight excluding hydrogens is 270 g/mol. The lowest BCUT2D eigenvalue weighted by atomic mass is 9.80. The number of nitrogens with one attached hydrogen (secondary N) is 1. The van der Waals surface area contributed by atoms with E-state index in [1.807, 2.05) is 0 Å². The zero-order valence-electron chi connectivity index (χ0n) is 13.8. The second-order valence-corrected chi connectivity index (χ2v) is 7.65. The Morgan fingerprint density at radius 3 is 2.20 bits per heavy atom. The number of hydrogen-bond acceptors (Lipinski definition) is 2. The van der Waals surface area contributed by atoms with E-state index in [1.54, 1.807) is 6.26 Å². The summed E-state index contributed by atoms with van der Waals surface area (Å²) in [6, 6.07) is 0. The van der Waals surface area contributed by atoms with Crippen molar-refractivity contribution in [1.29, 1.82) is 0 Å². The Hall–Kier alpha value is -0.380. The fraction of sp³-hybridized carbons (Fsp3) is 0.938. The molecule has 1 N–H and O–H groups in total. The van der Waals surface area contributed by atoms with E-state index in [4.69, 9.17) is 0 Å². The first-order valence-electron chi connectivity index (χ1n) is 8.00. The van der Waals surface area contributed by atoms with Gasteiger partial charge in [0.05, 0.1) is 0 Å². The maximum Gasteiger partial charge on any atom is 0.232 e. The smallest absolute Gasteiger partial charge is 0.232 e. The van der Waals surface area contributed by atoms with Crippen molar-refractivity contribution < 1.29 is 9.00 Å². The van der Waals surface area contributed by atoms with Crippen LogP contribution in [0, 0.1) is 5.41 Å². The lowest BCUT2D eigenvalue weighted by Crippen LogP contribution is -2.37. The van der Waals surface area contributed by atoms with Gasteiger partial charge in [0.2, 0.25) is 5.91 Å². The molecule has 4 heteroatoms. The molecule has 0 aliphatic carbocycles. The van der Waals surface area contributed by atoms with Crippen LogP contribution < -0.4 is 5.32 Å². The lowest BCUT2D eigenvalue weighted by molar-refractivity contribution is -0.119. The fourth-order valence-corrected chi connectivity index (χ4v) is 2.90. The van der Waals surface area contributed by atoms with Crippen LogP contribution in [0.1, 0.15) is 72.1 Å². The second kappa shape index (κ2) is 11.3. The van der Waals surface area contributed by atoms with Crippen LogP contribution in [0.2, 0.25) is 0 Å². The highest BCUT2D eigenvalue weighted by Gasteiger charge is 2.24. The minimum absolute atomic E-state index is 0.0814. The average Bonchev–Trinajstić information content (AvgIpc) is 2.39. The fourth-order valence-electron chi connectivity index (χ4n) is 2.43. The summed E-state index contributed by atoms with van der Waals surface area (Å²) in [5.74, 6) is 0.0433. The molecule has 0 heterocycles. The summed E-state index contributed by atoms with van der Waals surface area (Å²) < 4.78 is 11.0. The highest BCUT2D eigenvalue weighted by Crippen LogP contribution is 2.30. The molecule has 2 unspecified atom stereocenters. The molecule has 0 bridgehead atoms. The third-order valence-corrected chi connectivity index (χ3v) is 4.48. The van der Waals surface area contributed by atoms with E-state index in [1.165, 1.54) is 44.9 Å². The summed E-state index contributed by atoms with van der Waals surface area (Å²) >= 11 is 0. The number of unbranched alkanes of at least 4 members (excludes halogenated alkanes) is 4. The van der Waals surface area contributed by atoms with E-state index in [2.05, 4.69) is 26.1 Å². The summed E-state index contributed by atoms with van der Waals surface area (Å²) in [5, 5.41) is 2.97. The zero-order chi connectivity index (χ0) is 15.4. The molecule has 0 aromatic carbocycles. The second-order valence-electron chi connectivity index (χ2n) is 6.22. The summed E-state index contributed by atoms with van der Waals surface area (Å²) in [6.45, 7) is 7.42. The molecule has 0 spiro atoms. The van der Waals surface area contributed by atoms with Gasteiger partial charge in [-0.2, -0.15) is 0 Å². The summed E-state index contributed by atoms with van der Waals surface area (Å²) in [4.78, 5) is 11.6. The summed E-state index contributed by atoms with van der Waals surface area (Å²) in [5.41, 5.74) is 0.189. The van der Waals surface area contributed by atoms with Gasteiger partial charge in [0, 0.05) is 23.6 Å². The number of carbonyl (C=O) groups excluding carboxylic acids is 1. The Labute approximate surface area is 127 Å². The van der Waals surface area contributed by atoms with Gasteiger partial charge in [-0.3, -0.25) is 9.00 Å². The van der Waals surface area contributed by atoms with Gasteiger partial charge in [-0.15, -0.1) is 0 Å². The first-order chi connectivity index (χ1) is 9.43. The van der Waals surface area contributed by atoms with Gasteiger partial charge in [0.25, 0.3) is 0 Å².